The van der Waals surface area contributed by atoms with Gasteiger partial charge in [-0.2, -0.15) is 0 Å². The van der Waals surface area contributed by atoms with Gasteiger partial charge < -0.3 is 29.0 Å². The largest absolute Gasteiger partial charge is 0.488 e. The van der Waals surface area contributed by atoms with E-state index in [0.717, 1.165) is 0 Å². The van der Waals surface area contributed by atoms with Gasteiger partial charge in [-0.25, -0.2) is 0 Å². The molecule has 0 fully saturated rings. The number of methoxy groups -OCH3 is 1. The predicted molar refractivity (Wildman–Crippen MR) is 59.1 cm³/mol. The van der Waals surface area contributed by atoms with Crippen LogP contribution in [0.5, 0.6) is 11.5 Å². The van der Waals surface area contributed by atoms with Gasteiger partial charge >= 0.3 is 7.12 Å². The summed E-state index contributed by atoms with van der Waals surface area (Å²) in [6.45, 7) is 0.399. The molecule has 17 heavy (non-hydrogen) atoms. The number of ether oxygens (including phenoxy) is 4. The van der Waals surface area contributed by atoms with Crippen LogP contribution in [0.2, 0.25) is 0 Å². The maximum absolute atomic E-state index is 9.26. The molecule has 6 nitrogen and oxygen atoms in total. The Morgan fingerprint density at radius 2 is 2.18 bits per heavy atom. The maximum atomic E-state index is 9.26. The van der Waals surface area contributed by atoms with Crippen molar-refractivity contribution in [1.29, 1.82) is 0 Å². The summed E-state index contributed by atoms with van der Waals surface area (Å²) in [4.78, 5) is 0. The molecule has 0 saturated heterocycles. The molecule has 1 aliphatic heterocycles. The molecule has 2 N–H and O–H groups in total. The summed E-state index contributed by atoms with van der Waals surface area (Å²) in [6.07, 6.45) is 0. The fourth-order valence-electron chi connectivity index (χ4n) is 1.66. The second-order valence-corrected chi connectivity index (χ2v) is 3.50. The maximum Gasteiger partial charge on any atom is 0.488 e. The van der Waals surface area contributed by atoms with Crippen molar-refractivity contribution >= 4 is 12.6 Å². The zero-order valence-corrected chi connectivity index (χ0v) is 9.38. The third kappa shape index (κ3) is 2.53. The number of hydrogen-bond acceptors (Lipinski definition) is 6. The van der Waals surface area contributed by atoms with E-state index >= 15 is 0 Å². The lowest BCUT2D eigenvalue weighted by Crippen LogP contribution is -2.33. The van der Waals surface area contributed by atoms with Gasteiger partial charge in [0.2, 0.25) is 6.79 Å². The van der Waals surface area contributed by atoms with Crippen molar-refractivity contribution in [1.82, 2.24) is 0 Å². The smallest absolute Gasteiger partial charge is 0.454 e. The number of benzene rings is 1. The van der Waals surface area contributed by atoms with E-state index in [1.165, 1.54) is 7.11 Å². The average molecular weight is 240 g/mol. The van der Waals surface area contributed by atoms with Crippen molar-refractivity contribution in [3.8, 4) is 11.5 Å². The van der Waals surface area contributed by atoms with Crippen molar-refractivity contribution in [3.63, 3.8) is 0 Å². The molecule has 1 aromatic rings. The molecule has 7 heteroatoms. The van der Waals surface area contributed by atoms with E-state index in [1.54, 1.807) is 12.1 Å². The third-order valence-corrected chi connectivity index (χ3v) is 2.40. The highest BCUT2D eigenvalue weighted by molar-refractivity contribution is 6.59. The van der Waals surface area contributed by atoms with E-state index in [-0.39, 0.29) is 20.2 Å². The topological polar surface area (TPSA) is 77.4 Å². The van der Waals surface area contributed by atoms with Crippen LogP contribution in [0.3, 0.4) is 0 Å². The van der Waals surface area contributed by atoms with Gasteiger partial charge in [-0.3, -0.25) is 0 Å². The minimum absolute atomic E-state index is 0.117. The second-order valence-electron chi connectivity index (χ2n) is 3.50. The van der Waals surface area contributed by atoms with Gasteiger partial charge in [0.1, 0.15) is 6.79 Å². The first-order chi connectivity index (χ1) is 8.24. The fourth-order valence-corrected chi connectivity index (χ4v) is 1.66. The molecule has 0 radical (unpaired) electrons. The lowest BCUT2D eigenvalue weighted by Gasteiger charge is -2.12. The Labute approximate surface area is 98.8 Å². The lowest BCUT2D eigenvalue weighted by molar-refractivity contribution is -0.0393. The molecule has 0 spiro atoms. The normalized spacial score (nSPS) is 12.9. The SMILES string of the molecule is COCOCc1c(B(O)O)ccc2c1OCO2. The van der Waals surface area contributed by atoms with Crippen LogP contribution in [-0.2, 0) is 16.1 Å². The molecule has 0 amide bonds. The van der Waals surface area contributed by atoms with Crippen molar-refractivity contribution < 1.29 is 29.0 Å². The summed E-state index contributed by atoms with van der Waals surface area (Å²) in [5, 5.41) is 18.5. The summed E-state index contributed by atoms with van der Waals surface area (Å²) in [5.74, 6) is 1.07. The van der Waals surface area contributed by atoms with Crippen LogP contribution in [0.4, 0.5) is 0 Å². The molecule has 0 saturated carbocycles. The molecule has 0 unspecified atom stereocenters. The first-order valence-electron chi connectivity index (χ1n) is 5.08. The standard InChI is InChI=1S/C10H13BO6/c1-14-5-15-4-7-8(11(12)13)2-3-9-10(7)17-6-16-9/h2-3,12-13H,4-6H2,1H3. The van der Waals surface area contributed by atoms with Gasteiger partial charge in [0.15, 0.2) is 11.5 Å². The molecule has 92 valence electrons. The Balaban J connectivity index is 2.27. The summed E-state index contributed by atoms with van der Waals surface area (Å²) >= 11 is 0. The molecule has 1 aliphatic rings. The van der Waals surface area contributed by atoms with E-state index in [0.29, 0.717) is 22.5 Å². The Bertz CT molecular complexity index is 395. The van der Waals surface area contributed by atoms with Crippen LogP contribution in [-0.4, -0.2) is 37.9 Å². The molecule has 1 heterocycles. The minimum Gasteiger partial charge on any atom is -0.454 e. The number of hydrogen-bond donors (Lipinski definition) is 2. The number of rotatable bonds is 5. The summed E-state index contributed by atoms with van der Waals surface area (Å²) < 4.78 is 20.5. The highest BCUT2D eigenvalue weighted by Gasteiger charge is 2.25. The van der Waals surface area contributed by atoms with E-state index in [2.05, 4.69) is 0 Å². The molecule has 0 bridgehead atoms. The van der Waals surface area contributed by atoms with Crippen molar-refractivity contribution in [2.24, 2.45) is 0 Å². The molecule has 2 rings (SSSR count). The first-order valence-corrected chi connectivity index (χ1v) is 5.08. The Kier molecular flexibility index (Phi) is 3.85. The van der Waals surface area contributed by atoms with E-state index in [1.807, 2.05) is 0 Å². The first kappa shape index (κ1) is 12.2. The van der Waals surface area contributed by atoms with Crippen molar-refractivity contribution in [3.05, 3.63) is 17.7 Å². The fraction of sp³-hybridized carbons (Fsp3) is 0.400. The zero-order valence-electron chi connectivity index (χ0n) is 9.38. The van der Waals surface area contributed by atoms with Gasteiger partial charge in [0.05, 0.1) is 6.61 Å². The van der Waals surface area contributed by atoms with E-state index < -0.39 is 7.12 Å². The van der Waals surface area contributed by atoms with Crippen LogP contribution in [0, 0.1) is 0 Å². The summed E-state index contributed by atoms with van der Waals surface area (Å²) in [5.41, 5.74) is 0.900. The van der Waals surface area contributed by atoms with Crippen molar-refractivity contribution in [2.45, 2.75) is 6.61 Å². The third-order valence-electron chi connectivity index (χ3n) is 2.40. The average Bonchev–Trinajstić information content (AvgIpc) is 2.77. The quantitative estimate of drug-likeness (QED) is 0.399. The molecular formula is C10H13BO6. The highest BCUT2D eigenvalue weighted by atomic mass is 16.7. The van der Waals surface area contributed by atoms with Gasteiger partial charge in [0.25, 0.3) is 0 Å². The van der Waals surface area contributed by atoms with Gasteiger partial charge in [0, 0.05) is 12.7 Å². The second kappa shape index (κ2) is 5.37. The van der Waals surface area contributed by atoms with Gasteiger partial charge in [-0.1, -0.05) is 6.07 Å². The monoisotopic (exact) mass is 240 g/mol. The summed E-state index contributed by atoms with van der Waals surface area (Å²) in [6, 6.07) is 3.21. The zero-order chi connectivity index (χ0) is 12.3. The molecule has 1 aromatic carbocycles. The minimum atomic E-state index is -1.58. The molecule has 0 aromatic heterocycles. The van der Waals surface area contributed by atoms with Crippen LogP contribution in [0.1, 0.15) is 5.56 Å². The molecule has 0 aliphatic carbocycles. The highest BCUT2D eigenvalue weighted by Crippen LogP contribution is 2.34. The van der Waals surface area contributed by atoms with Crippen LogP contribution in [0.25, 0.3) is 0 Å². The van der Waals surface area contributed by atoms with Crippen molar-refractivity contribution in [2.75, 3.05) is 20.7 Å². The number of fused-ring (bicyclic) bond motifs is 1. The Morgan fingerprint density at radius 3 is 2.88 bits per heavy atom. The Hall–Kier alpha value is -1.28. The van der Waals surface area contributed by atoms with Crippen LogP contribution in [0.15, 0.2) is 12.1 Å². The van der Waals surface area contributed by atoms with Crippen LogP contribution >= 0.6 is 0 Å². The summed E-state index contributed by atoms with van der Waals surface area (Å²) in [7, 11) is -0.0674. The van der Waals surface area contributed by atoms with E-state index in [9.17, 15) is 10.0 Å². The molecular weight excluding hydrogens is 227 g/mol. The lowest BCUT2D eigenvalue weighted by atomic mass is 9.76. The molecule has 0 atom stereocenters. The predicted octanol–water partition coefficient (Wildman–Crippen LogP) is -0.784. The van der Waals surface area contributed by atoms with Gasteiger partial charge in [-0.05, 0) is 11.5 Å². The van der Waals surface area contributed by atoms with E-state index in [4.69, 9.17) is 18.9 Å². The Morgan fingerprint density at radius 1 is 1.35 bits per heavy atom. The van der Waals surface area contributed by atoms with Crippen LogP contribution < -0.4 is 14.9 Å². The van der Waals surface area contributed by atoms with Gasteiger partial charge in [-0.15, -0.1) is 0 Å².